The van der Waals surface area contributed by atoms with Crippen molar-refractivity contribution in [2.45, 2.75) is 32.6 Å². The van der Waals surface area contributed by atoms with Crippen LogP contribution < -0.4 is 15.4 Å². The molecule has 5 aromatic rings. The van der Waals surface area contributed by atoms with Crippen molar-refractivity contribution in [1.29, 1.82) is 0 Å². The molecule has 0 aliphatic heterocycles. The summed E-state index contributed by atoms with van der Waals surface area (Å²) in [5.74, 6) is -1.59. The van der Waals surface area contributed by atoms with Crippen molar-refractivity contribution >= 4 is 29.3 Å². The molecule has 0 saturated carbocycles. The number of alkyl halides is 6. The molecule has 0 spiro atoms. The number of nitrogens with zero attached hydrogens (tertiary/aromatic N) is 2. The summed E-state index contributed by atoms with van der Waals surface area (Å²) in [4.78, 5) is 27.4. The Kier molecular flexibility index (Phi) is 10.4. The van der Waals surface area contributed by atoms with Gasteiger partial charge in [0, 0.05) is 28.7 Å². The zero-order chi connectivity index (χ0) is 36.1. The number of ether oxygens (including phenoxy) is 1. The number of amides is 2. The van der Waals surface area contributed by atoms with Crippen LogP contribution in [0.4, 0.5) is 37.7 Å². The van der Waals surface area contributed by atoms with Crippen molar-refractivity contribution in [3.8, 4) is 22.7 Å². The third-order valence-corrected chi connectivity index (χ3v) is 7.36. The van der Waals surface area contributed by atoms with E-state index >= 15 is 0 Å². The number of hydrogen-bond acceptors (Lipinski definition) is 4. The molecule has 258 valence electrons. The standard InChI is InChI=1S/C37H30F6N4O3/c1-3-17-50-32-16-15-24(18-23(32)2)33-25(22-47(46-33)30-13-5-4-6-14-30)19-31(34(48)44-28-11-7-9-26(20-28)36(38,39)40)35(49)45-29-12-8-10-27(21-29)37(41,42)43/h4-16,18-22H,3,17H2,1-2H3,(H,44,48)(H,45,49). The van der Waals surface area contributed by atoms with E-state index in [1.165, 1.54) is 22.9 Å². The highest BCUT2D eigenvalue weighted by Crippen LogP contribution is 2.33. The molecule has 2 amide bonds. The van der Waals surface area contributed by atoms with E-state index in [-0.39, 0.29) is 16.9 Å². The number of aryl methyl sites for hydroxylation is 1. The molecule has 0 bridgehead atoms. The SMILES string of the molecule is CCCOc1ccc(-c2nn(-c3ccccc3)cc2C=C(C(=O)Nc2cccc(C(F)(F)F)c2)C(=O)Nc2cccc(C(F)(F)F)c2)cc1C. The van der Waals surface area contributed by atoms with Crippen LogP contribution in [0.1, 0.15) is 35.6 Å². The van der Waals surface area contributed by atoms with Gasteiger partial charge in [0.2, 0.25) is 0 Å². The van der Waals surface area contributed by atoms with Crippen LogP contribution >= 0.6 is 0 Å². The normalized spacial score (nSPS) is 11.5. The fourth-order valence-corrected chi connectivity index (χ4v) is 4.93. The molecule has 0 atom stereocenters. The second kappa shape index (κ2) is 14.7. The van der Waals surface area contributed by atoms with E-state index < -0.39 is 40.9 Å². The van der Waals surface area contributed by atoms with Crippen molar-refractivity contribution in [2.24, 2.45) is 0 Å². The summed E-state index contributed by atoms with van der Waals surface area (Å²) in [5.41, 5.74) is -0.635. The number of halogens is 6. The predicted molar refractivity (Wildman–Crippen MR) is 178 cm³/mol. The molecule has 1 aromatic heterocycles. The Bertz CT molecular complexity index is 1960. The molecule has 13 heteroatoms. The topological polar surface area (TPSA) is 85.2 Å². The van der Waals surface area contributed by atoms with E-state index in [2.05, 4.69) is 10.6 Å². The number of para-hydroxylation sites is 1. The number of benzene rings is 4. The highest BCUT2D eigenvalue weighted by molar-refractivity contribution is 6.29. The number of rotatable bonds is 10. The molecule has 2 N–H and O–H groups in total. The Morgan fingerprint density at radius 2 is 1.36 bits per heavy atom. The van der Waals surface area contributed by atoms with Crippen LogP contribution in [0.15, 0.2) is 109 Å². The molecule has 0 fully saturated rings. The number of hydrogen-bond donors (Lipinski definition) is 2. The maximum atomic E-state index is 13.7. The van der Waals surface area contributed by atoms with Crippen LogP contribution in [0.25, 0.3) is 23.0 Å². The third kappa shape index (κ3) is 8.59. The predicted octanol–water partition coefficient (Wildman–Crippen LogP) is 9.33. The van der Waals surface area contributed by atoms with Crippen molar-refractivity contribution in [3.63, 3.8) is 0 Å². The van der Waals surface area contributed by atoms with Gasteiger partial charge in [-0.3, -0.25) is 9.59 Å². The lowest BCUT2D eigenvalue weighted by Gasteiger charge is -2.13. The fraction of sp³-hybridized carbons (Fsp3) is 0.162. The van der Waals surface area contributed by atoms with E-state index in [1.807, 2.05) is 19.9 Å². The molecule has 5 rings (SSSR count). The molecular formula is C37H30F6N4O3. The van der Waals surface area contributed by atoms with Gasteiger partial charge < -0.3 is 15.4 Å². The van der Waals surface area contributed by atoms with Crippen molar-refractivity contribution < 1.29 is 40.7 Å². The third-order valence-electron chi connectivity index (χ3n) is 7.36. The van der Waals surface area contributed by atoms with Gasteiger partial charge in [0.05, 0.1) is 29.1 Å². The highest BCUT2D eigenvalue weighted by Gasteiger charge is 2.32. The van der Waals surface area contributed by atoms with E-state index in [0.717, 1.165) is 36.2 Å². The minimum atomic E-state index is -4.71. The smallest absolute Gasteiger partial charge is 0.416 e. The molecule has 4 aromatic carbocycles. The number of nitrogens with one attached hydrogen (secondary N) is 2. The number of aromatic nitrogens is 2. The molecule has 0 unspecified atom stereocenters. The average molecular weight is 693 g/mol. The van der Waals surface area contributed by atoms with Gasteiger partial charge in [-0.05, 0) is 91.7 Å². The summed E-state index contributed by atoms with van der Waals surface area (Å²) in [6.07, 6.45) is -5.89. The van der Waals surface area contributed by atoms with Crippen LogP contribution in [-0.2, 0) is 21.9 Å². The van der Waals surface area contributed by atoms with Crippen molar-refractivity contribution in [2.75, 3.05) is 17.2 Å². The van der Waals surface area contributed by atoms with E-state index in [1.54, 1.807) is 48.7 Å². The van der Waals surface area contributed by atoms with Gasteiger partial charge in [0.1, 0.15) is 11.3 Å². The van der Waals surface area contributed by atoms with Gasteiger partial charge >= 0.3 is 12.4 Å². The van der Waals surface area contributed by atoms with Gasteiger partial charge in [-0.2, -0.15) is 31.4 Å². The highest BCUT2D eigenvalue weighted by atomic mass is 19.4. The Balaban J connectivity index is 1.62. The molecule has 7 nitrogen and oxygen atoms in total. The van der Waals surface area contributed by atoms with Crippen LogP contribution in [0, 0.1) is 6.92 Å². The first-order valence-electron chi connectivity index (χ1n) is 15.3. The lowest BCUT2D eigenvalue weighted by molar-refractivity contribution is -0.138. The summed E-state index contributed by atoms with van der Waals surface area (Å²) in [7, 11) is 0. The van der Waals surface area contributed by atoms with Crippen LogP contribution in [0.5, 0.6) is 5.75 Å². The zero-order valence-corrected chi connectivity index (χ0v) is 26.7. The van der Waals surface area contributed by atoms with Gasteiger partial charge in [0.25, 0.3) is 11.8 Å². The Morgan fingerprint density at radius 3 is 1.88 bits per heavy atom. The van der Waals surface area contributed by atoms with Crippen molar-refractivity contribution in [1.82, 2.24) is 9.78 Å². The minimum absolute atomic E-state index is 0.254. The summed E-state index contributed by atoms with van der Waals surface area (Å²) < 4.78 is 87.8. The first-order chi connectivity index (χ1) is 23.7. The molecular weight excluding hydrogens is 662 g/mol. The summed E-state index contributed by atoms with van der Waals surface area (Å²) >= 11 is 0. The maximum Gasteiger partial charge on any atom is 0.416 e. The Labute approximate surface area is 283 Å². The van der Waals surface area contributed by atoms with E-state index in [9.17, 15) is 35.9 Å². The molecule has 0 radical (unpaired) electrons. The van der Waals surface area contributed by atoms with Crippen LogP contribution in [-0.4, -0.2) is 28.2 Å². The Morgan fingerprint density at radius 1 is 0.780 bits per heavy atom. The maximum absolute atomic E-state index is 13.7. The molecule has 0 aliphatic rings. The number of carbonyl (C=O) groups excluding carboxylic acids is 2. The van der Waals surface area contributed by atoms with Crippen molar-refractivity contribution in [3.05, 3.63) is 131 Å². The van der Waals surface area contributed by atoms with Gasteiger partial charge in [-0.1, -0.05) is 37.3 Å². The number of anilines is 2. The largest absolute Gasteiger partial charge is 0.493 e. The van der Waals surface area contributed by atoms with Crippen LogP contribution in [0.2, 0.25) is 0 Å². The first-order valence-corrected chi connectivity index (χ1v) is 15.3. The van der Waals surface area contributed by atoms with Gasteiger partial charge in [-0.15, -0.1) is 0 Å². The average Bonchev–Trinajstić information content (AvgIpc) is 3.50. The van der Waals surface area contributed by atoms with Gasteiger partial charge in [0.15, 0.2) is 0 Å². The number of carbonyl (C=O) groups is 2. The minimum Gasteiger partial charge on any atom is -0.493 e. The van der Waals surface area contributed by atoms with Crippen LogP contribution in [0.3, 0.4) is 0 Å². The second-order valence-corrected chi connectivity index (χ2v) is 11.2. The summed E-state index contributed by atoms with van der Waals surface area (Å²) in [5, 5.41) is 9.36. The van der Waals surface area contributed by atoms with E-state index in [4.69, 9.17) is 9.84 Å². The lowest BCUT2D eigenvalue weighted by atomic mass is 10.0. The molecule has 0 saturated heterocycles. The Hall–Kier alpha value is -5.85. The summed E-state index contributed by atoms with van der Waals surface area (Å²) in [6, 6.07) is 21.9. The first kappa shape index (κ1) is 35.5. The quantitative estimate of drug-likeness (QED) is 0.0662. The fourth-order valence-electron chi connectivity index (χ4n) is 4.93. The molecule has 50 heavy (non-hydrogen) atoms. The zero-order valence-electron chi connectivity index (χ0n) is 26.7. The lowest BCUT2D eigenvalue weighted by Crippen LogP contribution is -2.25. The summed E-state index contributed by atoms with van der Waals surface area (Å²) in [6.45, 7) is 4.32. The van der Waals surface area contributed by atoms with E-state index in [0.29, 0.717) is 41.4 Å². The van der Waals surface area contributed by atoms with Gasteiger partial charge in [-0.25, -0.2) is 4.68 Å². The monoisotopic (exact) mass is 692 g/mol. The molecule has 0 aliphatic carbocycles. The second-order valence-electron chi connectivity index (χ2n) is 11.2. The molecule has 1 heterocycles.